The Hall–Kier alpha value is -3.05. The average molecular weight is 478 g/mol. The standard InChI is InChI=1S/C21H25ClFN7O3/c1-13(30-17-11-25-26-21(32)20(17)14(2)27-30)12-33-8-3-19(31)29-6-4-28(5-7-29)18-9-15(22)16(23)10-24-18/h9-11,13H,3-8,12H2,1-2H3,(H,26,32). The number of amides is 1. The van der Waals surface area contributed by atoms with Crippen molar-refractivity contribution in [1.82, 2.24) is 29.9 Å². The van der Waals surface area contributed by atoms with Gasteiger partial charge in [-0.25, -0.2) is 14.5 Å². The Labute approximate surface area is 194 Å². The molecule has 3 aromatic heterocycles. The zero-order valence-electron chi connectivity index (χ0n) is 18.4. The molecule has 4 rings (SSSR count). The second-order valence-corrected chi connectivity index (χ2v) is 8.39. The Kier molecular flexibility index (Phi) is 6.89. The zero-order valence-corrected chi connectivity index (χ0v) is 19.2. The Morgan fingerprint density at radius 1 is 1.30 bits per heavy atom. The molecule has 0 aliphatic carbocycles. The molecule has 3 aromatic rings. The largest absolute Gasteiger partial charge is 0.379 e. The van der Waals surface area contributed by atoms with E-state index in [1.807, 2.05) is 11.8 Å². The van der Waals surface area contributed by atoms with E-state index in [9.17, 15) is 14.0 Å². The summed E-state index contributed by atoms with van der Waals surface area (Å²) in [7, 11) is 0. The molecule has 1 fully saturated rings. The molecule has 4 heterocycles. The van der Waals surface area contributed by atoms with Crippen molar-refractivity contribution in [2.24, 2.45) is 0 Å². The maximum Gasteiger partial charge on any atom is 0.275 e. The number of carbonyl (C=O) groups is 1. The molecule has 1 aliphatic rings. The third-order valence-corrected chi connectivity index (χ3v) is 5.98. The average Bonchev–Trinajstić information content (AvgIpc) is 3.16. The molecule has 1 atom stereocenters. The van der Waals surface area contributed by atoms with E-state index < -0.39 is 5.82 Å². The SMILES string of the molecule is Cc1nn(C(C)COCCC(=O)N2CCN(c3cc(Cl)c(F)cn3)CC2)c2cn[nH]c(=O)c12. The molecule has 33 heavy (non-hydrogen) atoms. The van der Waals surface area contributed by atoms with Crippen molar-refractivity contribution in [3.63, 3.8) is 0 Å². The summed E-state index contributed by atoms with van der Waals surface area (Å²) >= 11 is 5.84. The molecule has 0 spiro atoms. The number of pyridine rings is 1. The molecule has 1 amide bonds. The van der Waals surface area contributed by atoms with Crippen LogP contribution in [0.15, 0.2) is 23.3 Å². The van der Waals surface area contributed by atoms with Gasteiger partial charge in [0.1, 0.15) is 5.82 Å². The highest BCUT2D eigenvalue weighted by atomic mass is 35.5. The van der Waals surface area contributed by atoms with Gasteiger partial charge < -0.3 is 14.5 Å². The molecule has 0 aromatic carbocycles. The highest BCUT2D eigenvalue weighted by Gasteiger charge is 2.22. The molecule has 0 saturated carbocycles. The summed E-state index contributed by atoms with van der Waals surface area (Å²) in [6.07, 6.45) is 2.95. The van der Waals surface area contributed by atoms with E-state index in [4.69, 9.17) is 16.3 Å². The van der Waals surface area contributed by atoms with Gasteiger partial charge in [-0.05, 0) is 13.8 Å². The van der Waals surface area contributed by atoms with Crippen molar-refractivity contribution in [2.75, 3.05) is 44.3 Å². The van der Waals surface area contributed by atoms with Gasteiger partial charge in [-0.1, -0.05) is 11.6 Å². The van der Waals surface area contributed by atoms with Crippen LogP contribution in [0.4, 0.5) is 10.2 Å². The van der Waals surface area contributed by atoms with Crippen molar-refractivity contribution in [3.05, 3.63) is 45.3 Å². The lowest BCUT2D eigenvalue weighted by molar-refractivity contribution is -0.132. The number of fused-ring (bicyclic) bond motifs is 1. The molecular weight excluding hydrogens is 453 g/mol. The molecular formula is C21H25ClFN7O3. The number of nitrogens with one attached hydrogen (secondary N) is 1. The summed E-state index contributed by atoms with van der Waals surface area (Å²) in [6.45, 7) is 6.63. The lowest BCUT2D eigenvalue weighted by atomic mass is 10.2. The summed E-state index contributed by atoms with van der Waals surface area (Å²) in [5.41, 5.74) is 1.01. The fourth-order valence-electron chi connectivity index (χ4n) is 3.92. The normalized spacial score (nSPS) is 15.3. The van der Waals surface area contributed by atoms with Crippen LogP contribution in [0.5, 0.6) is 0 Å². The van der Waals surface area contributed by atoms with Crippen LogP contribution in [0.2, 0.25) is 5.02 Å². The van der Waals surface area contributed by atoms with Gasteiger partial charge in [-0.3, -0.25) is 14.3 Å². The van der Waals surface area contributed by atoms with Gasteiger partial charge in [0.15, 0.2) is 5.82 Å². The third-order valence-electron chi connectivity index (χ3n) is 5.69. The number of carbonyl (C=O) groups excluding carboxylic acids is 1. The fourth-order valence-corrected chi connectivity index (χ4v) is 4.06. The number of halogens is 2. The summed E-state index contributed by atoms with van der Waals surface area (Å²) in [6, 6.07) is 1.37. The first-order chi connectivity index (χ1) is 15.8. The first-order valence-electron chi connectivity index (χ1n) is 10.7. The summed E-state index contributed by atoms with van der Waals surface area (Å²) in [5, 5.41) is 11.3. The number of aromatic amines is 1. The molecule has 176 valence electrons. The number of hydrogen-bond donors (Lipinski definition) is 1. The highest BCUT2D eigenvalue weighted by Crippen LogP contribution is 2.21. The molecule has 0 bridgehead atoms. The zero-order chi connectivity index (χ0) is 23.5. The monoisotopic (exact) mass is 477 g/mol. The first kappa shape index (κ1) is 23.1. The second-order valence-electron chi connectivity index (χ2n) is 7.99. The lowest BCUT2D eigenvalue weighted by Crippen LogP contribution is -2.49. The highest BCUT2D eigenvalue weighted by molar-refractivity contribution is 6.30. The lowest BCUT2D eigenvalue weighted by Gasteiger charge is -2.35. The number of hydrogen-bond acceptors (Lipinski definition) is 7. The maximum atomic E-state index is 13.3. The Bertz CT molecular complexity index is 1210. The number of rotatable bonds is 7. The van der Waals surface area contributed by atoms with Crippen molar-refractivity contribution in [3.8, 4) is 0 Å². The first-order valence-corrected chi connectivity index (χ1v) is 11.1. The third kappa shape index (κ3) is 4.98. The van der Waals surface area contributed by atoms with Gasteiger partial charge in [0.05, 0.1) is 59.7 Å². The summed E-state index contributed by atoms with van der Waals surface area (Å²) in [4.78, 5) is 32.4. The quantitative estimate of drug-likeness (QED) is 0.518. The minimum atomic E-state index is -0.551. The number of ether oxygens (including phenoxy) is 1. The number of nitrogens with zero attached hydrogens (tertiary/aromatic N) is 6. The Morgan fingerprint density at radius 3 is 2.79 bits per heavy atom. The van der Waals surface area contributed by atoms with Crippen molar-refractivity contribution in [1.29, 1.82) is 0 Å². The number of H-pyrrole nitrogens is 1. The van der Waals surface area contributed by atoms with Gasteiger partial charge >= 0.3 is 0 Å². The van der Waals surface area contributed by atoms with E-state index in [1.165, 1.54) is 6.07 Å². The molecule has 1 unspecified atom stereocenters. The number of anilines is 1. The minimum absolute atomic E-state index is 0.0171. The molecule has 0 radical (unpaired) electrons. The van der Waals surface area contributed by atoms with Crippen molar-refractivity contribution < 1.29 is 13.9 Å². The van der Waals surface area contributed by atoms with Gasteiger partial charge in [-0.2, -0.15) is 10.2 Å². The van der Waals surface area contributed by atoms with E-state index in [0.29, 0.717) is 55.2 Å². The van der Waals surface area contributed by atoms with Gasteiger partial charge in [0, 0.05) is 32.2 Å². The van der Waals surface area contributed by atoms with Crippen LogP contribution in [0.1, 0.15) is 25.1 Å². The molecule has 10 nitrogen and oxygen atoms in total. The Balaban J connectivity index is 1.23. The molecule has 1 N–H and O–H groups in total. The predicted octanol–water partition coefficient (Wildman–Crippen LogP) is 1.93. The predicted molar refractivity (Wildman–Crippen MR) is 121 cm³/mol. The van der Waals surface area contributed by atoms with Crippen LogP contribution in [-0.2, 0) is 9.53 Å². The molecule has 1 aliphatic heterocycles. The van der Waals surface area contributed by atoms with Crippen LogP contribution in [-0.4, -0.2) is 75.2 Å². The number of aryl methyl sites for hydroxylation is 1. The van der Waals surface area contributed by atoms with E-state index in [-0.39, 0.29) is 35.6 Å². The van der Waals surface area contributed by atoms with Gasteiger partial charge in [0.2, 0.25) is 5.91 Å². The van der Waals surface area contributed by atoms with E-state index >= 15 is 0 Å². The smallest absolute Gasteiger partial charge is 0.275 e. The second kappa shape index (κ2) is 9.84. The van der Waals surface area contributed by atoms with Gasteiger partial charge in [0.25, 0.3) is 5.56 Å². The molecule has 1 saturated heterocycles. The van der Waals surface area contributed by atoms with Crippen LogP contribution in [0, 0.1) is 12.7 Å². The van der Waals surface area contributed by atoms with E-state index in [2.05, 4.69) is 20.3 Å². The van der Waals surface area contributed by atoms with Crippen molar-refractivity contribution in [2.45, 2.75) is 26.3 Å². The van der Waals surface area contributed by atoms with Gasteiger partial charge in [-0.15, -0.1) is 0 Å². The maximum absolute atomic E-state index is 13.3. The minimum Gasteiger partial charge on any atom is -0.379 e. The summed E-state index contributed by atoms with van der Waals surface area (Å²) in [5.74, 6) is 0.0673. The number of aromatic nitrogens is 5. The van der Waals surface area contributed by atoms with Crippen LogP contribution >= 0.6 is 11.6 Å². The Morgan fingerprint density at radius 2 is 2.06 bits per heavy atom. The topological polar surface area (TPSA) is 109 Å². The molecule has 12 heteroatoms. The fraction of sp³-hybridized carbons (Fsp3) is 0.476. The van der Waals surface area contributed by atoms with Crippen molar-refractivity contribution >= 4 is 34.2 Å². The summed E-state index contributed by atoms with van der Waals surface area (Å²) < 4.78 is 20.8. The van der Waals surface area contributed by atoms with E-state index in [1.54, 1.807) is 22.7 Å². The van der Waals surface area contributed by atoms with Crippen LogP contribution in [0.3, 0.4) is 0 Å². The van der Waals surface area contributed by atoms with E-state index in [0.717, 1.165) is 6.20 Å². The van der Waals surface area contributed by atoms with Crippen LogP contribution < -0.4 is 10.5 Å². The van der Waals surface area contributed by atoms with Crippen LogP contribution in [0.25, 0.3) is 10.9 Å². The number of piperazine rings is 1.